The molecule has 0 fully saturated rings. The third kappa shape index (κ3) is 6.94. The zero-order valence-electron chi connectivity index (χ0n) is 11.5. The Morgan fingerprint density at radius 1 is 1.29 bits per heavy atom. The molecular weight excluding hydrogens is 232 g/mol. The van der Waals surface area contributed by atoms with E-state index in [0.29, 0.717) is 11.2 Å². The topological polar surface area (TPSA) is 55.1 Å². The number of hydrogen-bond acceptors (Lipinski definition) is 3. The molecule has 1 amide bonds. The minimum atomic E-state index is -0.484. The van der Waals surface area contributed by atoms with Gasteiger partial charge >= 0.3 is 0 Å². The Morgan fingerprint density at radius 2 is 1.82 bits per heavy atom. The summed E-state index contributed by atoms with van der Waals surface area (Å²) in [5.74, 6) is 0.308. The van der Waals surface area contributed by atoms with Crippen molar-refractivity contribution in [2.24, 2.45) is 11.1 Å². The van der Waals surface area contributed by atoms with Crippen LogP contribution in [0.5, 0.6) is 0 Å². The van der Waals surface area contributed by atoms with Gasteiger partial charge in [0.05, 0.1) is 6.04 Å². The van der Waals surface area contributed by atoms with Crippen LogP contribution in [0.1, 0.15) is 52.9 Å². The summed E-state index contributed by atoms with van der Waals surface area (Å²) in [7, 11) is 0. The fraction of sp³-hybridized carbons (Fsp3) is 0.923. The van der Waals surface area contributed by atoms with Crippen molar-refractivity contribution in [1.29, 1.82) is 0 Å². The Labute approximate surface area is 111 Å². The van der Waals surface area contributed by atoms with Crippen molar-refractivity contribution < 1.29 is 4.79 Å². The van der Waals surface area contributed by atoms with Crippen LogP contribution in [0.3, 0.4) is 0 Å². The molecule has 0 aromatic carbocycles. The zero-order chi connectivity index (χ0) is 13.3. The van der Waals surface area contributed by atoms with Crippen LogP contribution in [0.2, 0.25) is 0 Å². The highest BCUT2D eigenvalue weighted by Gasteiger charge is 2.22. The van der Waals surface area contributed by atoms with Gasteiger partial charge in [-0.2, -0.15) is 12.6 Å². The lowest BCUT2D eigenvalue weighted by Crippen LogP contribution is -2.42. The number of thiol groups is 1. The van der Waals surface area contributed by atoms with Gasteiger partial charge in [-0.25, -0.2) is 0 Å². The second kappa shape index (κ2) is 8.81. The SMILES string of the molecule is CCCC(C)(CCC)CCNC(=O)[C@@H](N)CS. The maximum atomic E-state index is 11.5. The third-order valence-corrected chi connectivity index (χ3v) is 3.66. The molecule has 0 aliphatic carbocycles. The summed E-state index contributed by atoms with van der Waals surface area (Å²) >= 11 is 4.02. The summed E-state index contributed by atoms with van der Waals surface area (Å²) in [6.07, 6.45) is 5.85. The quantitative estimate of drug-likeness (QED) is 0.557. The van der Waals surface area contributed by atoms with E-state index in [4.69, 9.17) is 5.73 Å². The van der Waals surface area contributed by atoms with Crippen LogP contribution in [0.4, 0.5) is 0 Å². The Kier molecular flexibility index (Phi) is 8.70. The van der Waals surface area contributed by atoms with Crippen molar-refractivity contribution in [3.05, 3.63) is 0 Å². The van der Waals surface area contributed by atoms with Crippen LogP contribution < -0.4 is 11.1 Å². The average molecular weight is 260 g/mol. The molecule has 3 nitrogen and oxygen atoms in total. The molecule has 0 spiro atoms. The molecule has 0 aromatic rings. The number of carbonyl (C=O) groups excluding carboxylic acids is 1. The maximum Gasteiger partial charge on any atom is 0.237 e. The smallest absolute Gasteiger partial charge is 0.237 e. The highest BCUT2D eigenvalue weighted by molar-refractivity contribution is 7.80. The molecule has 17 heavy (non-hydrogen) atoms. The number of hydrogen-bond donors (Lipinski definition) is 3. The van der Waals surface area contributed by atoms with E-state index in [1.54, 1.807) is 0 Å². The predicted molar refractivity (Wildman–Crippen MR) is 77.4 cm³/mol. The monoisotopic (exact) mass is 260 g/mol. The predicted octanol–water partition coefficient (Wildman–Crippen LogP) is 2.36. The fourth-order valence-corrected chi connectivity index (χ4v) is 2.45. The van der Waals surface area contributed by atoms with Gasteiger partial charge in [0.15, 0.2) is 0 Å². The minimum absolute atomic E-state index is 0.0876. The van der Waals surface area contributed by atoms with Crippen molar-refractivity contribution in [3.8, 4) is 0 Å². The molecule has 1 atom stereocenters. The third-order valence-electron chi connectivity index (χ3n) is 3.27. The van der Waals surface area contributed by atoms with Gasteiger partial charge in [-0.1, -0.05) is 33.6 Å². The first-order valence-electron chi connectivity index (χ1n) is 6.63. The normalized spacial score (nSPS) is 13.5. The Morgan fingerprint density at radius 3 is 2.24 bits per heavy atom. The summed E-state index contributed by atoms with van der Waals surface area (Å²) in [6, 6.07) is -0.484. The van der Waals surface area contributed by atoms with Crippen LogP contribution in [-0.2, 0) is 4.79 Å². The lowest BCUT2D eigenvalue weighted by molar-refractivity contribution is -0.121. The van der Waals surface area contributed by atoms with Crippen molar-refractivity contribution >= 4 is 18.5 Å². The second-order valence-electron chi connectivity index (χ2n) is 5.14. The van der Waals surface area contributed by atoms with Crippen LogP contribution >= 0.6 is 12.6 Å². The molecule has 0 saturated carbocycles. The number of amides is 1. The van der Waals surface area contributed by atoms with Gasteiger partial charge in [0.2, 0.25) is 5.91 Å². The highest BCUT2D eigenvalue weighted by Crippen LogP contribution is 2.32. The molecule has 0 bridgehead atoms. The van der Waals surface area contributed by atoms with E-state index in [1.165, 1.54) is 25.7 Å². The van der Waals surface area contributed by atoms with Crippen LogP contribution in [0, 0.1) is 5.41 Å². The first-order valence-corrected chi connectivity index (χ1v) is 7.26. The van der Waals surface area contributed by atoms with Crippen LogP contribution in [0.25, 0.3) is 0 Å². The van der Waals surface area contributed by atoms with E-state index < -0.39 is 6.04 Å². The van der Waals surface area contributed by atoms with Gasteiger partial charge in [-0.15, -0.1) is 0 Å². The zero-order valence-corrected chi connectivity index (χ0v) is 12.4. The molecule has 0 heterocycles. The summed E-state index contributed by atoms with van der Waals surface area (Å²) in [5.41, 5.74) is 5.94. The molecule has 4 heteroatoms. The van der Waals surface area contributed by atoms with E-state index in [0.717, 1.165) is 13.0 Å². The first-order chi connectivity index (χ1) is 7.99. The van der Waals surface area contributed by atoms with E-state index >= 15 is 0 Å². The van der Waals surface area contributed by atoms with Crippen molar-refractivity contribution in [3.63, 3.8) is 0 Å². The summed E-state index contributed by atoms with van der Waals surface area (Å²) in [6.45, 7) is 7.45. The van der Waals surface area contributed by atoms with Gasteiger partial charge in [0, 0.05) is 12.3 Å². The molecule has 3 N–H and O–H groups in total. The van der Waals surface area contributed by atoms with E-state index in [-0.39, 0.29) is 5.91 Å². The molecule has 0 rings (SSSR count). The fourth-order valence-electron chi connectivity index (χ4n) is 2.28. The van der Waals surface area contributed by atoms with Crippen molar-refractivity contribution in [1.82, 2.24) is 5.32 Å². The second-order valence-corrected chi connectivity index (χ2v) is 5.51. The van der Waals surface area contributed by atoms with Gasteiger partial charge < -0.3 is 11.1 Å². The van der Waals surface area contributed by atoms with Crippen molar-refractivity contribution in [2.45, 2.75) is 58.9 Å². The molecule has 0 radical (unpaired) electrons. The highest BCUT2D eigenvalue weighted by atomic mass is 32.1. The minimum Gasteiger partial charge on any atom is -0.355 e. The number of carbonyl (C=O) groups is 1. The number of nitrogens with two attached hydrogens (primary N) is 1. The lowest BCUT2D eigenvalue weighted by Gasteiger charge is -2.29. The van der Waals surface area contributed by atoms with Crippen LogP contribution in [-0.4, -0.2) is 24.2 Å². The van der Waals surface area contributed by atoms with Gasteiger partial charge in [-0.3, -0.25) is 4.79 Å². The van der Waals surface area contributed by atoms with Crippen LogP contribution in [0.15, 0.2) is 0 Å². The molecule has 0 saturated heterocycles. The Balaban J connectivity index is 4.01. The maximum absolute atomic E-state index is 11.5. The molecule has 102 valence electrons. The largest absolute Gasteiger partial charge is 0.355 e. The van der Waals surface area contributed by atoms with Gasteiger partial charge in [0.25, 0.3) is 0 Å². The van der Waals surface area contributed by atoms with E-state index in [2.05, 4.69) is 38.7 Å². The van der Waals surface area contributed by atoms with E-state index in [1.807, 2.05) is 0 Å². The van der Waals surface area contributed by atoms with E-state index in [9.17, 15) is 4.79 Å². The van der Waals surface area contributed by atoms with Gasteiger partial charge in [0.1, 0.15) is 0 Å². The average Bonchev–Trinajstić information content (AvgIpc) is 2.28. The molecule has 0 unspecified atom stereocenters. The summed E-state index contributed by atoms with van der Waals surface area (Å²) < 4.78 is 0. The summed E-state index contributed by atoms with van der Waals surface area (Å²) in [4.78, 5) is 11.5. The Hall–Kier alpha value is -0.220. The Bertz CT molecular complexity index is 215. The lowest BCUT2D eigenvalue weighted by atomic mass is 9.78. The standard InChI is InChI=1S/C13H28N2OS/c1-4-6-13(3,7-5-2)8-9-15-12(16)11(14)10-17/h11,17H,4-10,14H2,1-3H3,(H,15,16)/t11-/m0/s1. The molecule has 0 aromatic heterocycles. The number of rotatable bonds is 9. The number of nitrogens with one attached hydrogen (secondary N) is 1. The molecule has 0 aliphatic rings. The molecular formula is C13H28N2OS. The summed E-state index contributed by atoms with van der Waals surface area (Å²) in [5, 5.41) is 2.89. The first kappa shape index (κ1) is 16.8. The van der Waals surface area contributed by atoms with Gasteiger partial charge in [-0.05, 0) is 24.7 Å². The van der Waals surface area contributed by atoms with Crippen molar-refractivity contribution in [2.75, 3.05) is 12.3 Å². The molecule has 0 aliphatic heterocycles.